The molecule has 30 heavy (non-hydrogen) atoms. The summed E-state index contributed by atoms with van der Waals surface area (Å²) in [4.78, 5) is 45.6. The van der Waals surface area contributed by atoms with Gasteiger partial charge in [0.25, 0.3) is 11.8 Å². The predicted octanol–water partition coefficient (Wildman–Crippen LogP) is -0.00258. The molecular weight excluding hydrogens is 402 g/mol. The summed E-state index contributed by atoms with van der Waals surface area (Å²) >= 11 is 1.57. The summed E-state index contributed by atoms with van der Waals surface area (Å²) in [7, 11) is 0. The van der Waals surface area contributed by atoms with Gasteiger partial charge in [0.2, 0.25) is 5.78 Å². The first kappa shape index (κ1) is 19.7. The van der Waals surface area contributed by atoms with Crippen molar-refractivity contribution >= 4 is 41.1 Å². The zero-order valence-corrected chi connectivity index (χ0v) is 17.0. The highest BCUT2D eigenvalue weighted by molar-refractivity contribution is 7.07. The Balaban J connectivity index is 1.64. The minimum absolute atomic E-state index is 0.181. The van der Waals surface area contributed by atoms with Gasteiger partial charge in [-0.3, -0.25) is 19.0 Å². The van der Waals surface area contributed by atoms with E-state index in [1.165, 1.54) is 6.20 Å². The topological polar surface area (TPSA) is 120 Å². The predicted molar refractivity (Wildman–Crippen MR) is 112 cm³/mol. The zero-order valence-electron chi connectivity index (χ0n) is 16.2. The molecule has 8 nitrogen and oxygen atoms in total. The standard InChI is InChI=1S/C21H19N5O3S/c1-12-24-10-16(26(12)18-7-2-3-8-23-18)21(29)25-15(19(27)20(22)28)9-13-11-30-17-6-4-5-14(13)17/h2-3,5-8,10-11,15H,4,9H2,1H3,(H2,22,28)(H,25,29). The molecule has 3 N–H and O–H groups in total. The molecule has 1 aliphatic rings. The van der Waals surface area contributed by atoms with Gasteiger partial charge in [0.05, 0.1) is 6.20 Å². The minimum Gasteiger partial charge on any atom is -0.363 e. The number of hydrogen-bond donors (Lipinski definition) is 2. The molecule has 0 fully saturated rings. The van der Waals surface area contributed by atoms with E-state index in [2.05, 4.69) is 27.4 Å². The largest absolute Gasteiger partial charge is 0.363 e. The van der Waals surface area contributed by atoms with Crippen molar-refractivity contribution in [2.45, 2.75) is 25.8 Å². The third-order valence-corrected chi connectivity index (χ3v) is 5.95. The highest BCUT2D eigenvalue weighted by Crippen LogP contribution is 2.13. The SMILES string of the molecule is Cc1ncc(C(=O)NC(Cc2csc3c2=CCC=3)C(=O)C(N)=O)n1-c1ccccn1. The number of Topliss-reactive ketones (excluding diaryl/α,β-unsaturated/α-hetero) is 1. The zero-order chi connectivity index (χ0) is 21.3. The number of fused-ring (bicyclic) bond motifs is 1. The molecule has 0 radical (unpaired) electrons. The Labute approximate surface area is 175 Å². The Hall–Kier alpha value is -3.59. The number of nitrogens with one attached hydrogen (secondary N) is 1. The summed E-state index contributed by atoms with van der Waals surface area (Å²) in [5.41, 5.74) is 6.35. The second-order valence-electron chi connectivity index (χ2n) is 6.86. The fourth-order valence-corrected chi connectivity index (χ4v) is 4.49. The Morgan fingerprint density at radius 3 is 2.83 bits per heavy atom. The van der Waals surface area contributed by atoms with E-state index < -0.39 is 23.6 Å². The Kier molecular flexibility index (Phi) is 5.28. The lowest BCUT2D eigenvalue weighted by Gasteiger charge is -2.17. The fourth-order valence-electron chi connectivity index (χ4n) is 3.46. The molecule has 4 rings (SSSR count). The number of aryl methyl sites for hydroxylation is 1. The van der Waals surface area contributed by atoms with E-state index in [-0.39, 0.29) is 12.1 Å². The summed E-state index contributed by atoms with van der Waals surface area (Å²) in [5.74, 6) is -1.38. The monoisotopic (exact) mass is 421 g/mol. The van der Waals surface area contributed by atoms with Crippen molar-refractivity contribution in [3.05, 3.63) is 62.8 Å². The first-order chi connectivity index (χ1) is 14.5. The van der Waals surface area contributed by atoms with E-state index >= 15 is 0 Å². The highest BCUT2D eigenvalue weighted by atomic mass is 32.1. The minimum atomic E-state index is -1.09. The molecule has 0 spiro atoms. The quantitative estimate of drug-likeness (QED) is 0.520. The van der Waals surface area contributed by atoms with Gasteiger partial charge in [-0.1, -0.05) is 18.2 Å². The summed E-state index contributed by atoms with van der Waals surface area (Å²) < 4.78 is 2.72. The second-order valence-corrected chi connectivity index (χ2v) is 7.77. The number of ketones is 1. The van der Waals surface area contributed by atoms with Crippen molar-refractivity contribution < 1.29 is 14.4 Å². The van der Waals surface area contributed by atoms with E-state index in [1.807, 2.05) is 5.38 Å². The average molecular weight is 421 g/mol. The maximum Gasteiger partial charge on any atom is 0.287 e. The maximum absolute atomic E-state index is 13.0. The van der Waals surface area contributed by atoms with Crippen LogP contribution in [0.1, 0.15) is 28.3 Å². The van der Waals surface area contributed by atoms with Crippen LogP contribution in [-0.4, -0.2) is 38.2 Å². The van der Waals surface area contributed by atoms with Crippen molar-refractivity contribution in [3.63, 3.8) is 0 Å². The molecule has 3 heterocycles. The van der Waals surface area contributed by atoms with Gasteiger partial charge < -0.3 is 11.1 Å². The molecule has 3 aromatic rings. The molecule has 0 saturated carbocycles. The number of pyridine rings is 1. The molecule has 0 aliphatic heterocycles. The molecule has 0 aromatic carbocycles. The molecule has 152 valence electrons. The number of carbonyl (C=O) groups is 3. The number of aromatic nitrogens is 3. The van der Waals surface area contributed by atoms with Gasteiger partial charge in [-0.05, 0) is 41.6 Å². The van der Waals surface area contributed by atoms with E-state index in [9.17, 15) is 14.4 Å². The number of imidazole rings is 1. The molecule has 3 aromatic heterocycles. The number of thiophene rings is 1. The number of hydrogen-bond acceptors (Lipinski definition) is 6. The second kappa shape index (κ2) is 8.03. The molecule has 2 amide bonds. The van der Waals surface area contributed by atoms with Crippen molar-refractivity contribution in [2.75, 3.05) is 0 Å². The molecule has 1 unspecified atom stereocenters. The molecule has 9 heteroatoms. The van der Waals surface area contributed by atoms with Crippen molar-refractivity contribution in [1.82, 2.24) is 19.9 Å². The first-order valence-corrected chi connectivity index (χ1v) is 10.2. The van der Waals surface area contributed by atoms with Gasteiger partial charge in [-0.2, -0.15) is 0 Å². The van der Waals surface area contributed by atoms with Crippen LogP contribution in [0, 0.1) is 6.92 Å². The Bertz CT molecular complexity index is 1260. The Morgan fingerprint density at radius 2 is 2.10 bits per heavy atom. The molecule has 0 bridgehead atoms. The molecule has 1 aliphatic carbocycles. The van der Waals surface area contributed by atoms with Crippen LogP contribution in [0.25, 0.3) is 18.0 Å². The van der Waals surface area contributed by atoms with E-state index in [4.69, 9.17) is 5.73 Å². The molecule has 0 saturated heterocycles. The van der Waals surface area contributed by atoms with Crippen LogP contribution >= 0.6 is 11.3 Å². The lowest BCUT2D eigenvalue weighted by atomic mass is 10.0. The lowest BCUT2D eigenvalue weighted by molar-refractivity contribution is -0.137. The molecule has 1 atom stereocenters. The van der Waals surface area contributed by atoms with E-state index in [0.29, 0.717) is 11.6 Å². The van der Waals surface area contributed by atoms with Crippen LogP contribution in [0.3, 0.4) is 0 Å². The van der Waals surface area contributed by atoms with Crippen molar-refractivity contribution in [3.8, 4) is 5.82 Å². The normalized spacial score (nSPS) is 13.1. The summed E-state index contributed by atoms with van der Waals surface area (Å²) in [6.07, 6.45) is 8.20. The molecular formula is C21H19N5O3S. The third-order valence-electron chi connectivity index (χ3n) is 4.90. The van der Waals surface area contributed by atoms with Gasteiger partial charge in [0.1, 0.15) is 23.4 Å². The smallest absolute Gasteiger partial charge is 0.287 e. The summed E-state index contributed by atoms with van der Waals surface area (Å²) in [6.45, 7) is 1.75. The summed E-state index contributed by atoms with van der Waals surface area (Å²) in [6, 6.07) is 4.24. The number of nitrogens with two attached hydrogens (primary N) is 1. The van der Waals surface area contributed by atoms with Gasteiger partial charge >= 0.3 is 0 Å². The number of rotatable bonds is 7. The Morgan fingerprint density at radius 1 is 1.27 bits per heavy atom. The number of carbonyl (C=O) groups excluding carboxylic acids is 3. The average Bonchev–Trinajstić information content (AvgIpc) is 3.44. The van der Waals surface area contributed by atoms with Crippen LogP contribution < -0.4 is 20.8 Å². The summed E-state index contributed by atoms with van der Waals surface area (Å²) in [5, 5.41) is 5.65. The van der Waals surface area contributed by atoms with Crippen LogP contribution in [0.4, 0.5) is 0 Å². The first-order valence-electron chi connectivity index (χ1n) is 9.32. The van der Waals surface area contributed by atoms with E-state index in [1.54, 1.807) is 47.2 Å². The van der Waals surface area contributed by atoms with Crippen LogP contribution in [0.15, 0.2) is 36.0 Å². The number of amides is 2. The number of nitrogens with zero attached hydrogens (tertiary/aromatic N) is 3. The van der Waals surface area contributed by atoms with Crippen molar-refractivity contribution in [1.29, 1.82) is 0 Å². The van der Waals surface area contributed by atoms with Gasteiger partial charge in [0, 0.05) is 17.2 Å². The number of primary amides is 1. The highest BCUT2D eigenvalue weighted by Gasteiger charge is 2.28. The van der Waals surface area contributed by atoms with Gasteiger partial charge in [0.15, 0.2) is 0 Å². The fraction of sp³-hybridized carbons (Fsp3) is 0.190. The van der Waals surface area contributed by atoms with Crippen LogP contribution in [0.5, 0.6) is 0 Å². The third kappa shape index (κ3) is 3.67. The van der Waals surface area contributed by atoms with Crippen LogP contribution in [-0.2, 0) is 16.0 Å². The van der Waals surface area contributed by atoms with Gasteiger partial charge in [-0.25, -0.2) is 9.97 Å². The van der Waals surface area contributed by atoms with Crippen molar-refractivity contribution in [2.24, 2.45) is 5.73 Å². The maximum atomic E-state index is 13.0. The van der Waals surface area contributed by atoms with Gasteiger partial charge in [-0.15, -0.1) is 11.3 Å². The lowest BCUT2D eigenvalue weighted by Crippen LogP contribution is -2.48. The van der Waals surface area contributed by atoms with Crippen LogP contribution in [0.2, 0.25) is 0 Å². The van der Waals surface area contributed by atoms with E-state index in [0.717, 1.165) is 21.7 Å².